The topological polar surface area (TPSA) is 8.17 Å². The molecule has 0 amide bonds. The van der Waals surface area contributed by atoms with Crippen molar-refractivity contribution >= 4 is 38.9 Å². The van der Waals surface area contributed by atoms with E-state index in [1.807, 2.05) is 0 Å². The van der Waals surface area contributed by atoms with Crippen LogP contribution in [0.15, 0.2) is 194 Å². The Labute approximate surface area is 305 Å². The molecule has 0 N–H and O–H groups in total. The van der Waals surface area contributed by atoms with Crippen LogP contribution in [0.4, 0.5) is 17.1 Å². The van der Waals surface area contributed by atoms with Gasteiger partial charge >= 0.3 is 0 Å². The zero-order chi connectivity index (χ0) is 35.0. The van der Waals surface area contributed by atoms with E-state index in [9.17, 15) is 0 Å². The van der Waals surface area contributed by atoms with Crippen molar-refractivity contribution in [2.45, 2.75) is 13.8 Å². The largest absolute Gasteiger partial charge is 0.309 e. The first kappa shape index (κ1) is 31.3. The maximum absolute atomic E-state index is 2.49. The fourth-order valence-corrected chi connectivity index (χ4v) is 7.85. The Kier molecular flexibility index (Phi) is 7.98. The Bertz CT molecular complexity index is 2690. The summed E-state index contributed by atoms with van der Waals surface area (Å²) in [6.07, 6.45) is 0. The highest BCUT2D eigenvalue weighted by Crippen LogP contribution is 2.47. The van der Waals surface area contributed by atoms with Crippen LogP contribution in [-0.2, 0) is 0 Å². The van der Waals surface area contributed by atoms with Crippen molar-refractivity contribution in [3.63, 3.8) is 0 Å². The molecule has 9 aromatic rings. The molecule has 0 saturated heterocycles. The van der Waals surface area contributed by atoms with Crippen LogP contribution in [0.1, 0.15) is 11.1 Å². The molecule has 0 bridgehead atoms. The molecule has 1 aromatic heterocycles. The first-order valence-corrected chi connectivity index (χ1v) is 18.0. The molecule has 0 aliphatic heterocycles. The van der Waals surface area contributed by atoms with Crippen molar-refractivity contribution in [1.82, 2.24) is 4.57 Å². The van der Waals surface area contributed by atoms with Crippen molar-refractivity contribution in [2.24, 2.45) is 0 Å². The zero-order valence-corrected chi connectivity index (χ0v) is 29.4. The Morgan fingerprint density at radius 3 is 1.67 bits per heavy atom. The highest BCUT2D eigenvalue weighted by Gasteiger charge is 2.24. The number of aryl methyl sites for hydroxylation is 2. The van der Waals surface area contributed by atoms with Crippen molar-refractivity contribution in [1.29, 1.82) is 0 Å². The van der Waals surface area contributed by atoms with Gasteiger partial charge in [-0.2, -0.15) is 0 Å². The second-order valence-corrected chi connectivity index (χ2v) is 13.4. The van der Waals surface area contributed by atoms with Gasteiger partial charge in [0.2, 0.25) is 0 Å². The number of hydrogen-bond acceptors (Lipinski definition) is 1. The molecule has 0 atom stereocenters. The highest BCUT2D eigenvalue weighted by molar-refractivity contribution is 6.17. The highest BCUT2D eigenvalue weighted by atomic mass is 15.2. The van der Waals surface area contributed by atoms with Crippen LogP contribution in [0.2, 0.25) is 0 Å². The molecule has 0 fully saturated rings. The third-order valence-electron chi connectivity index (χ3n) is 10.3. The molecule has 0 aliphatic carbocycles. The Balaban J connectivity index is 1.34. The third kappa shape index (κ3) is 5.37. The van der Waals surface area contributed by atoms with Gasteiger partial charge in [0.1, 0.15) is 0 Å². The first-order valence-electron chi connectivity index (χ1n) is 18.0. The minimum absolute atomic E-state index is 1.10. The van der Waals surface area contributed by atoms with Gasteiger partial charge in [-0.25, -0.2) is 0 Å². The van der Waals surface area contributed by atoms with Crippen LogP contribution in [0.3, 0.4) is 0 Å². The van der Waals surface area contributed by atoms with Crippen molar-refractivity contribution in [2.75, 3.05) is 4.90 Å². The number of hydrogen-bond donors (Lipinski definition) is 0. The zero-order valence-electron chi connectivity index (χ0n) is 29.4. The summed E-state index contributed by atoms with van der Waals surface area (Å²) in [6, 6.07) is 70.2. The van der Waals surface area contributed by atoms with Crippen LogP contribution in [0.25, 0.3) is 60.9 Å². The number of anilines is 3. The van der Waals surface area contributed by atoms with E-state index >= 15 is 0 Å². The molecule has 0 saturated carbocycles. The van der Waals surface area contributed by atoms with Crippen LogP contribution in [-0.4, -0.2) is 4.57 Å². The quantitative estimate of drug-likeness (QED) is 0.164. The van der Waals surface area contributed by atoms with E-state index in [4.69, 9.17) is 0 Å². The molecule has 2 nitrogen and oxygen atoms in total. The van der Waals surface area contributed by atoms with E-state index in [-0.39, 0.29) is 0 Å². The Morgan fingerprint density at radius 2 is 0.904 bits per heavy atom. The van der Waals surface area contributed by atoms with Crippen molar-refractivity contribution in [3.05, 3.63) is 205 Å². The predicted octanol–water partition coefficient (Wildman–Crippen LogP) is 13.9. The number of para-hydroxylation sites is 3. The van der Waals surface area contributed by atoms with Gasteiger partial charge in [-0.05, 0) is 83.6 Å². The minimum Gasteiger partial charge on any atom is -0.309 e. The summed E-state index contributed by atoms with van der Waals surface area (Å²) in [6.45, 7) is 4.44. The van der Waals surface area contributed by atoms with Gasteiger partial charge in [-0.3, -0.25) is 0 Å². The molecule has 248 valence electrons. The first-order chi connectivity index (χ1) is 25.7. The third-order valence-corrected chi connectivity index (χ3v) is 10.3. The predicted molar refractivity (Wildman–Crippen MR) is 221 cm³/mol. The van der Waals surface area contributed by atoms with E-state index in [1.54, 1.807) is 0 Å². The van der Waals surface area contributed by atoms with E-state index < -0.39 is 0 Å². The summed E-state index contributed by atoms with van der Waals surface area (Å²) in [5, 5.41) is 2.43. The number of nitrogens with zero attached hydrogens (tertiary/aromatic N) is 2. The smallest absolute Gasteiger partial charge is 0.0569 e. The summed E-state index contributed by atoms with van der Waals surface area (Å²) in [7, 11) is 0. The van der Waals surface area contributed by atoms with Gasteiger partial charge in [0.05, 0.1) is 28.1 Å². The number of aromatic nitrogens is 1. The van der Waals surface area contributed by atoms with Gasteiger partial charge in [-0.15, -0.1) is 0 Å². The van der Waals surface area contributed by atoms with Gasteiger partial charge in [-0.1, -0.05) is 158 Å². The molecule has 52 heavy (non-hydrogen) atoms. The van der Waals surface area contributed by atoms with Crippen molar-refractivity contribution in [3.8, 4) is 39.1 Å². The number of rotatable bonds is 7. The summed E-state index contributed by atoms with van der Waals surface area (Å²) >= 11 is 0. The second-order valence-electron chi connectivity index (χ2n) is 13.4. The van der Waals surface area contributed by atoms with Crippen LogP contribution < -0.4 is 4.90 Å². The molecule has 0 aliphatic rings. The lowest BCUT2D eigenvalue weighted by Crippen LogP contribution is -2.11. The fourth-order valence-electron chi connectivity index (χ4n) is 7.85. The molecule has 1 heterocycles. The monoisotopic (exact) mass is 666 g/mol. The van der Waals surface area contributed by atoms with E-state index in [1.165, 1.54) is 72.0 Å². The molecule has 2 heteroatoms. The maximum Gasteiger partial charge on any atom is 0.0569 e. The second kappa shape index (κ2) is 13.2. The summed E-state index contributed by atoms with van der Waals surface area (Å²) < 4.78 is 2.49. The summed E-state index contributed by atoms with van der Waals surface area (Å²) in [5.41, 5.74) is 16.7. The van der Waals surface area contributed by atoms with Gasteiger partial charge in [0.15, 0.2) is 0 Å². The lowest BCUT2D eigenvalue weighted by atomic mass is 9.96. The average Bonchev–Trinajstić information content (AvgIpc) is 3.54. The molecule has 0 radical (unpaired) electrons. The van der Waals surface area contributed by atoms with Crippen LogP contribution in [0.5, 0.6) is 0 Å². The lowest BCUT2D eigenvalue weighted by molar-refractivity contribution is 1.15. The fraction of sp³-hybridized carbons (Fsp3) is 0.0400. The average molecular weight is 667 g/mol. The van der Waals surface area contributed by atoms with Gasteiger partial charge in [0.25, 0.3) is 0 Å². The standard InChI is InChI=1S/C50H38N2/c1-35-17-9-10-23-41(35)43-26-15-18-36(2)50(43)52-46-28-14-12-25-44(46)49-47(29-16-30-48(49)52)51(40-33-31-38(32-34-40)37-19-5-3-6-20-37)45-27-13-11-24-42(45)39-21-7-4-8-22-39/h3-34H,1-2H3. The Morgan fingerprint density at radius 1 is 0.365 bits per heavy atom. The minimum atomic E-state index is 1.10. The molecule has 9 rings (SSSR count). The van der Waals surface area contributed by atoms with Crippen LogP contribution >= 0.6 is 0 Å². The SMILES string of the molecule is Cc1ccccc1-c1cccc(C)c1-n1c2ccccc2c2c(N(c3ccc(-c4ccccc4)cc3)c3ccccc3-c3ccccc3)cccc21. The Hall–Kier alpha value is -6.64. The van der Waals surface area contributed by atoms with Crippen molar-refractivity contribution < 1.29 is 0 Å². The molecule has 8 aromatic carbocycles. The van der Waals surface area contributed by atoms with E-state index in [0.717, 1.165) is 17.1 Å². The van der Waals surface area contributed by atoms with Gasteiger partial charge < -0.3 is 9.47 Å². The summed E-state index contributed by atoms with van der Waals surface area (Å²) in [4.78, 5) is 2.45. The number of benzene rings is 8. The molecule has 0 unspecified atom stereocenters. The number of fused-ring (bicyclic) bond motifs is 3. The van der Waals surface area contributed by atoms with Gasteiger partial charge in [0, 0.05) is 27.6 Å². The van der Waals surface area contributed by atoms with Crippen LogP contribution in [0, 0.1) is 13.8 Å². The maximum atomic E-state index is 2.49. The van der Waals surface area contributed by atoms with E-state index in [0.29, 0.717) is 0 Å². The van der Waals surface area contributed by atoms with E-state index in [2.05, 4.69) is 217 Å². The molecule has 0 spiro atoms. The normalized spacial score (nSPS) is 11.3. The lowest BCUT2D eigenvalue weighted by Gasteiger charge is -2.29. The molecular weight excluding hydrogens is 629 g/mol. The molecular formula is C50H38N2. The summed E-state index contributed by atoms with van der Waals surface area (Å²) in [5.74, 6) is 0.